The molecule has 158 valence electrons. The molecule has 0 radical (unpaired) electrons. The smallest absolute Gasteiger partial charge is 0.264 e. The second-order valence-electron chi connectivity index (χ2n) is 7.13. The van der Waals surface area contributed by atoms with E-state index < -0.39 is 22.4 Å². The van der Waals surface area contributed by atoms with Crippen LogP contribution < -0.4 is 9.04 Å². The van der Waals surface area contributed by atoms with Gasteiger partial charge in [0.1, 0.15) is 18.1 Å². The summed E-state index contributed by atoms with van der Waals surface area (Å²) in [6, 6.07) is 10.9. The molecule has 0 aliphatic heterocycles. The van der Waals surface area contributed by atoms with Crippen LogP contribution in [0.15, 0.2) is 53.4 Å². The first-order chi connectivity index (χ1) is 13.6. The first-order valence-corrected chi connectivity index (χ1v) is 10.8. The Hall–Kier alpha value is -2.61. The highest BCUT2D eigenvalue weighted by Gasteiger charge is 2.32. The van der Waals surface area contributed by atoms with Crippen LogP contribution in [0.25, 0.3) is 0 Å². The lowest BCUT2D eigenvalue weighted by molar-refractivity contribution is -0.133. The molecule has 0 saturated carbocycles. The Labute approximate surface area is 171 Å². The van der Waals surface area contributed by atoms with Crippen molar-refractivity contribution in [2.45, 2.75) is 44.7 Å². The number of hydrogen-bond acceptors (Lipinski definition) is 4. The Balaban J connectivity index is 2.57. The molecule has 0 fully saturated rings. The van der Waals surface area contributed by atoms with Crippen LogP contribution >= 0.6 is 0 Å². The average Bonchev–Trinajstić information content (AvgIpc) is 2.65. The molecule has 2 rings (SSSR count). The van der Waals surface area contributed by atoms with Crippen molar-refractivity contribution in [1.82, 2.24) is 4.90 Å². The van der Waals surface area contributed by atoms with Crippen molar-refractivity contribution in [3.05, 3.63) is 54.3 Å². The van der Waals surface area contributed by atoms with Crippen LogP contribution in [0.5, 0.6) is 5.75 Å². The molecule has 2 aromatic carbocycles. The molecule has 0 aliphatic carbocycles. The minimum absolute atomic E-state index is 0.101. The number of nitrogens with zero attached hydrogens (tertiary/aromatic N) is 2. The van der Waals surface area contributed by atoms with Crippen molar-refractivity contribution in [1.29, 1.82) is 0 Å². The van der Waals surface area contributed by atoms with Gasteiger partial charge in [0, 0.05) is 12.1 Å². The number of methoxy groups -OCH3 is 1. The van der Waals surface area contributed by atoms with Gasteiger partial charge in [0.15, 0.2) is 0 Å². The lowest BCUT2D eigenvalue weighted by Crippen LogP contribution is -2.48. The van der Waals surface area contributed by atoms with Crippen LogP contribution in [-0.4, -0.2) is 45.0 Å². The predicted octanol–water partition coefficient (Wildman–Crippen LogP) is 3.68. The topological polar surface area (TPSA) is 66.9 Å². The molecule has 0 spiro atoms. The standard InChI is InChI=1S/C21H27FN2O4S/c1-15(2)24(16(3)4)21(25)14-23(19-8-6-7-9-20(19)28-5)29(26,27)18-12-10-17(22)11-13-18/h6-13,15-16H,14H2,1-5H3. The number of sulfonamides is 1. The van der Waals surface area contributed by atoms with Gasteiger partial charge in [-0.15, -0.1) is 0 Å². The van der Waals surface area contributed by atoms with Crippen LogP contribution in [0.4, 0.5) is 10.1 Å². The van der Waals surface area contributed by atoms with Crippen LogP contribution in [-0.2, 0) is 14.8 Å². The summed E-state index contributed by atoms with van der Waals surface area (Å²) in [5, 5.41) is 0. The van der Waals surface area contributed by atoms with Crippen LogP contribution in [0, 0.1) is 5.82 Å². The number of hydrogen-bond donors (Lipinski definition) is 0. The summed E-state index contributed by atoms with van der Waals surface area (Å²) in [7, 11) is -2.72. The van der Waals surface area contributed by atoms with Gasteiger partial charge in [0.25, 0.3) is 10.0 Å². The lowest BCUT2D eigenvalue weighted by Gasteiger charge is -2.34. The highest BCUT2D eigenvalue weighted by molar-refractivity contribution is 7.92. The molecule has 0 unspecified atom stereocenters. The fourth-order valence-electron chi connectivity index (χ4n) is 3.25. The van der Waals surface area contributed by atoms with Gasteiger partial charge in [-0.2, -0.15) is 0 Å². The van der Waals surface area contributed by atoms with E-state index in [0.29, 0.717) is 5.75 Å². The van der Waals surface area contributed by atoms with Crippen LogP contribution in [0.1, 0.15) is 27.7 Å². The molecule has 2 aromatic rings. The Morgan fingerprint density at radius 1 is 1.00 bits per heavy atom. The number of carbonyl (C=O) groups excluding carboxylic acids is 1. The van der Waals surface area contributed by atoms with E-state index in [1.807, 2.05) is 27.7 Å². The van der Waals surface area contributed by atoms with Crippen molar-refractivity contribution >= 4 is 21.6 Å². The number of rotatable bonds is 8. The zero-order valence-electron chi connectivity index (χ0n) is 17.3. The van der Waals surface area contributed by atoms with Gasteiger partial charge in [-0.1, -0.05) is 12.1 Å². The molecule has 1 amide bonds. The van der Waals surface area contributed by atoms with E-state index in [9.17, 15) is 17.6 Å². The molecule has 0 aromatic heterocycles. The summed E-state index contributed by atoms with van der Waals surface area (Å²) >= 11 is 0. The third kappa shape index (κ3) is 5.06. The Morgan fingerprint density at radius 3 is 2.07 bits per heavy atom. The zero-order chi connectivity index (χ0) is 21.8. The lowest BCUT2D eigenvalue weighted by atomic mass is 10.2. The number of anilines is 1. The molecular formula is C21H27FN2O4S. The number of amides is 1. The summed E-state index contributed by atoms with van der Waals surface area (Å²) in [6.45, 7) is 7.09. The van der Waals surface area contributed by atoms with E-state index in [-0.39, 0.29) is 28.6 Å². The van der Waals surface area contributed by atoms with Gasteiger partial charge in [-0.3, -0.25) is 9.10 Å². The molecule has 0 heterocycles. The minimum Gasteiger partial charge on any atom is -0.495 e. The molecule has 8 heteroatoms. The van der Waals surface area contributed by atoms with Gasteiger partial charge in [-0.05, 0) is 64.1 Å². The molecule has 0 atom stereocenters. The highest BCUT2D eigenvalue weighted by atomic mass is 32.2. The predicted molar refractivity (Wildman–Crippen MR) is 111 cm³/mol. The second-order valence-corrected chi connectivity index (χ2v) is 8.99. The third-order valence-electron chi connectivity index (χ3n) is 4.44. The second kappa shape index (κ2) is 9.26. The maximum Gasteiger partial charge on any atom is 0.264 e. The first-order valence-electron chi connectivity index (χ1n) is 9.32. The molecule has 29 heavy (non-hydrogen) atoms. The number of halogens is 1. The normalized spacial score (nSPS) is 11.6. The summed E-state index contributed by atoms with van der Waals surface area (Å²) < 4.78 is 46.4. The molecule has 0 aliphatic rings. The van der Waals surface area contributed by atoms with E-state index in [4.69, 9.17) is 4.74 Å². The monoisotopic (exact) mass is 422 g/mol. The number of carbonyl (C=O) groups is 1. The van der Waals surface area contributed by atoms with Gasteiger partial charge in [0.05, 0.1) is 17.7 Å². The zero-order valence-corrected chi connectivity index (χ0v) is 18.1. The minimum atomic E-state index is -4.14. The molecule has 0 saturated heterocycles. The number of ether oxygens (including phenoxy) is 1. The SMILES string of the molecule is COc1ccccc1N(CC(=O)N(C(C)C)C(C)C)S(=O)(=O)c1ccc(F)cc1. The van der Waals surface area contributed by atoms with Crippen molar-refractivity contribution in [2.24, 2.45) is 0 Å². The van der Waals surface area contributed by atoms with Crippen molar-refractivity contribution < 1.29 is 22.3 Å². The van der Waals surface area contributed by atoms with E-state index in [1.54, 1.807) is 29.2 Å². The van der Waals surface area contributed by atoms with Gasteiger partial charge < -0.3 is 9.64 Å². The maximum atomic E-state index is 13.4. The quantitative estimate of drug-likeness (QED) is 0.651. The van der Waals surface area contributed by atoms with Crippen molar-refractivity contribution in [3.63, 3.8) is 0 Å². The summed E-state index contributed by atoms with van der Waals surface area (Å²) in [5.41, 5.74) is 0.236. The first kappa shape index (κ1) is 22.7. The summed E-state index contributed by atoms with van der Waals surface area (Å²) in [5.74, 6) is -0.576. The average molecular weight is 423 g/mol. The fourth-order valence-corrected chi connectivity index (χ4v) is 4.67. The molecule has 0 bridgehead atoms. The Morgan fingerprint density at radius 2 is 1.55 bits per heavy atom. The van der Waals surface area contributed by atoms with Crippen LogP contribution in [0.3, 0.4) is 0 Å². The summed E-state index contributed by atoms with van der Waals surface area (Å²) in [6.07, 6.45) is 0. The maximum absolute atomic E-state index is 13.4. The van der Waals surface area contributed by atoms with Gasteiger partial charge in [0.2, 0.25) is 5.91 Å². The molecule has 6 nitrogen and oxygen atoms in total. The third-order valence-corrected chi connectivity index (χ3v) is 6.21. The Bertz CT molecular complexity index is 935. The summed E-state index contributed by atoms with van der Waals surface area (Å²) in [4.78, 5) is 14.6. The van der Waals surface area contributed by atoms with Crippen LogP contribution in [0.2, 0.25) is 0 Å². The Kier molecular flexibility index (Phi) is 7.24. The van der Waals surface area contributed by atoms with Crippen molar-refractivity contribution in [3.8, 4) is 5.75 Å². The highest BCUT2D eigenvalue weighted by Crippen LogP contribution is 2.32. The number of benzene rings is 2. The van der Waals surface area contributed by atoms with E-state index in [1.165, 1.54) is 19.2 Å². The van der Waals surface area contributed by atoms with Gasteiger partial charge in [-0.25, -0.2) is 12.8 Å². The number of para-hydroxylation sites is 2. The van der Waals surface area contributed by atoms with E-state index in [0.717, 1.165) is 16.4 Å². The molecular weight excluding hydrogens is 395 g/mol. The largest absolute Gasteiger partial charge is 0.495 e. The fraction of sp³-hybridized carbons (Fsp3) is 0.381. The molecule has 0 N–H and O–H groups in total. The van der Waals surface area contributed by atoms with E-state index in [2.05, 4.69) is 0 Å². The van der Waals surface area contributed by atoms with E-state index >= 15 is 0 Å². The van der Waals surface area contributed by atoms with Gasteiger partial charge >= 0.3 is 0 Å². The van der Waals surface area contributed by atoms with Crippen molar-refractivity contribution in [2.75, 3.05) is 18.0 Å².